The molecule has 1 aliphatic heterocycles. The summed E-state index contributed by atoms with van der Waals surface area (Å²) in [5.41, 5.74) is 1.29. The van der Waals surface area contributed by atoms with Gasteiger partial charge in [-0.15, -0.1) is 0 Å². The minimum atomic E-state index is -3.58. The van der Waals surface area contributed by atoms with E-state index < -0.39 is 10.0 Å². The van der Waals surface area contributed by atoms with Crippen LogP contribution < -0.4 is 0 Å². The Bertz CT molecular complexity index is 743. The van der Waals surface area contributed by atoms with Crippen molar-refractivity contribution < 1.29 is 13.2 Å². The average molecular weight is 365 g/mol. The van der Waals surface area contributed by atoms with E-state index in [9.17, 15) is 13.2 Å². The van der Waals surface area contributed by atoms with E-state index in [1.807, 2.05) is 20.8 Å². The van der Waals surface area contributed by atoms with Gasteiger partial charge < -0.3 is 4.90 Å². The average Bonchev–Trinajstić information content (AvgIpc) is 2.59. The summed E-state index contributed by atoms with van der Waals surface area (Å²) in [5.74, 6) is -0.172. The SMILES string of the molecule is C=C(C)CN(CC)C(=O)c1cccc(S(=O)(=O)N2CCCCC2C)c1. The van der Waals surface area contributed by atoms with Crippen molar-refractivity contribution in [3.8, 4) is 0 Å². The molecule has 138 valence electrons. The summed E-state index contributed by atoms with van der Waals surface area (Å²) in [6.45, 7) is 11.1. The second-order valence-electron chi connectivity index (χ2n) is 6.76. The first-order valence-corrected chi connectivity index (χ1v) is 10.3. The van der Waals surface area contributed by atoms with E-state index in [2.05, 4.69) is 6.58 Å². The van der Waals surface area contributed by atoms with E-state index in [1.54, 1.807) is 27.4 Å². The number of benzene rings is 1. The molecule has 1 aliphatic rings. The fourth-order valence-electron chi connectivity index (χ4n) is 3.19. The van der Waals surface area contributed by atoms with Crippen LogP contribution in [0.2, 0.25) is 0 Å². The van der Waals surface area contributed by atoms with Crippen LogP contribution >= 0.6 is 0 Å². The topological polar surface area (TPSA) is 57.7 Å². The Labute approximate surface area is 151 Å². The maximum Gasteiger partial charge on any atom is 0.254 e. The van der Waals surface area contributed by atoms with Gasteiger partial charge in [-0.2, -0.15) is 4.31 Å². The largest absolute Gasteiger partial charge is 0.335 e. The molecule has 1 amide bonds. The Hall–Kier alpha value is -1.66. The van der Waals surface area contributed by atoms with Crippen LogP contribution in [0.4, 0.5) is 0 Å². The number of carbonyl (C=O) groups excluding carboxylic acids is 1. The van der Waals surface area contributed by atoms with Crippen LogP contribution in [0, 0.1) is 0 Å². The molecule has 0 N–H and O–H groups in total. The smallest absolute Gasteiger partial charge is 0.254 e. The lowest BCUT2D eigenvalue weighted by atomic mass is 10.1. The molecule has 1 unspecified atom stereocenters. The second-order valence-corrected chi connectivity index (χ2v) is 8.66. The Morgan fingerprint density at radius 1 is 1.36 bits per heavy atom. The van der Waals surface area contributed by atoms with Gasteiger partial charge in [-0.1, -0.05) is 24.6 Å². The fraction of sp³-hybridized carbons (Fsp3) is 0.526. The summed E-state index contributed by atoms with van der Waals surface area (Å²) in [4.78, 5) is 14.6. The lowest BCUT2D eigenvalue weighted by Crippen LogP contribution is -2.42. The Morgan fingerprint density at radius 2 is 2.08 bits per heavy atom. The molecular weight excluding hydrogens is 336 g/mol. The van der Waals surface area contributed by atoms with E-state index in [4.69, 9.17) is 0 Å². The van der Waals surface area contributed by atoms with Crippen molar-refractivity contribution >= 4 is 15.9 Å². The highest BCUT2D eigenvalue weighted by molar-refractivity contribution is 7.89. The van der Waals surface area contributed by atoms with Gasteiger partial charge in [-0.25, -0.2) is 8.42 Å². The summed E-state index contributed by atoms with van der Waals surface area (Å²) in [6.07, 6.45) is 2.81. The van der Waals surface area contributed by atoms with Crippen molar-refractivity contribution in [2.45, 2.75) is 51.0 Å². The van der Waals surface area contributed by atoms with Crippen molar-refractivity contribution in [1.82, 2.24) is 9.21 Å². The normalized spacial score (nSPS) is 18.8. The molecule has 5 nitrogen and oxygen atoms in total. The number of amides is 1. The molecule has 0 bridgehead atoms. The lowest BCUT2D eigenvalue weighted by Gasteiger charge is -2.32. The molecule has 1 aromatic carbocycles. The maximum atomic E-state index is 13.0. The zero-order valence-corrected chi connectivity index (χ0v) is 16.2. The maximum absolute atomic E-state index is 13.0. The van der Waals surface area contributed by atoms with Gasteiger partial charge in [0.1, 0.15) is 0 Å². The zero-order valence-electron chi connectivity index (χ0n) is 15.4. The standard InChI is InChI=1S/C19H28N2O3S/c1-5-20(14-15(2)3)19(22)17-10-8-11-18(13-17)25(23,24)21-12-7-6-9-16(21)4/h8,10-11,13,16H,2,5-7,9,12,14H2,1,3-4H3. The molecule has 1 fully saturated rings. The molecule has 6 heteroatoms. The van der Waals surface area contributed by atoms with Crippen molar-refractivity contribution in [3.05, 3.63) is 42.0 Å². The number of likely N-dealkylation sites (N-methyl/N-ethyl adjacent to an activating group) is 1. The monoisotopic (exact) mass is 364 g/mol. The molecule has 1 aromatic rings. The third-order valence-electron chi connectivity index (χ3n) is 4.56. The first-order valence-electron chi connectivity index (χ1n) is 8.83. The zero-order chi connectivity index (χ0) is 18.6. The molecule has 2 rings (SSSR count). The van der Waals surface area contributed by atoms with Gasteiger partial charge in [-0.05, 0) is 51.8 Å². The number of nitrogens with zero attached hydrogens (tertiary/aromatic N) is 2. The number of hydrogen-bond donors (Lipinski definition) is 0. The number of rotatable bonds is 6. The number of hydrogen-bond acceptors (Lipinski definition) is 3. The van der Waals surface area contributed by atoms with Gasteiger partial charge in [0.15, 0.2) is 0 Å². The lowest BCUT2D eigenvalue weighted by molar-refractivity contribution is 0.0778. The summed E-state index contributed by atoms with van der Waals surface area (Å²) in [6, 6.07) is 6.38. The van der Waals surface area contributed by atoms with Crippen molar-refractivity contribution in [3.63, 3.8) is 0 Å². The van der Waals surface area contributed by atoms with Crippen LogP contribution in [0.1, 0.15) is 50.4 Å². The minimum Gasteiger partial charge on any atom is -0.335 e. The van der Waals surface area contributed by atoms with E-state index >= 15 is 0 Å². The third-order valence-corrected chi connectivity index (χ3v) is 6.57. The van der Waals surface area contributed by atoms with Gasteiger partial charge in [-0.3, -0.25) is 4.79 Å². The van der Waals surface area contributed by atoms with Crippen LogP contribution in [0.15, 0.2) is 41.3 Å². The Morgan fingerprint density at radius 3 is 2.68 bits per heavy atom. The predicted molar refractivity (Wildman–Crippen MR) is 100 cm³/mol. The van der Waals surface area contributed by atoms with Crippen molar-refractivity contribution in [2.75, 3.05) is 19.6 Å². The summed E-state index contributed by atoms with van der Waals surface area (Å²) in [5, 5.41) is 0. The molecule has 1 saturated heterocycles. The summed E-state index contributed by atoms with van der Waals surface area (Å²) >= 11 is 0. The molecule has 0 aliphatic carbocycles. The number of carbonyl (C=O) groups is 1. The van der Waals surface area contributed by atoms with Crippen LogP contribution in [0.3, 0.4) is 0 Å². The van der Waals surface area contributed by atoms with Crippen LogP contribution in [0.5, 0.6) is 0 Å². The van der Waals surface area contributed by atoms with Gasteiger partial charge in [0.25, 0.3) is 5.91 Å². The van der Waals surface area contributed by atoms with Crippen LogP contribution in [0.25, 0.3) is 0 Å². The molecule has 0 spiro atoms. The molecule has 1 heterocycles. The first kappa shape index (κ1) is 19.7. The summed E-state index contributed by atoms with van der Waals surface area (Å²) in [7, 11) is -3.58. The Kier molecular flexibility index (Phi) is 6.41. The molecule has 25 heavy (non-hydrogen) atoms. The minimum absolute atomic E-state index is 0.00587. The Balaban J connectivity index is 2.31. The quantitative estimate of drug-likeness (QED) is 0.728. The molecule has 0 radical (unpaired) electrons. The van der Waals surface area contributed by atoms with Gasteiger partial charge in [0, 0.05) is 31.2 Å². The molecule has 0 aromatic heterocycles. The number of piperidine rings is 1. The highest BCUT2D eigenvalue weighted by Gasteiger charge is 2.31. The van der Waals surface area contributed by atoms with Crippen LogP contribution in [-0.4, -0.2) is 49.2 Å². The fourth-order valence-corrected chi connectivity index (χ4v) is 4.94. The molecular formula is C19H28N2O3S. The number of sulfonamides is 1. The highest BCUT2D eigenvalue weighted by Crippen LogP contribution is 2.25. The second kappa shape index (κ2) is 8.15. The van der Waals surface area contributed by atoms with Gasteiger partial charge in [0.2, 0.25) is 10.0 Å². The van der Waals surface area contributed by atoms with Crippen molar-refractivity contribution in [1.29, 1.82) is 0 Å². The summed E-state index contributed by atoms with van der Waals surface area (Å²) < 4.78 is 27.5. The van der Waals surface area contributed by atoms with E-state index in [-0.39, 0.29) is 16.8 Å². The van der Waals surface area contributed by atoms with Crippen molar-refractivity contribution in [2.24, 2.45) is 0 Å². The molecule has 0 saturated carbocycles. The van der Waals surface area contributed by atoms with E-state index in [0.717, 1.165) is 24.8 Å². The van der Waals surface area contributed by atoms with Gasteiger partial charge >= 0.3 is 0 Å². The van der Waals surface area contributed by atoms with E-state index in [1.165, 1.54) is 6.07 Å². The molecule has 1 atom stereocenters. The predicted octanol–water partition coefficient (Wildman–Crippen LogP) is 3.29. The first-order chi connectivity index (χ1) is 11.8. The van der Waals surface area contributed by atoms with E-state index in [0.29, 0.717) is 25.2 Å². The third kappa shape index (κ3) is 4.50. The van der Waals surface area contributed by atoms with Gasteiger partial charge in [0.05, 0.1) is 4.90 Å². The van der Waals surface area contributed by atoms with Crippen LogP contribution in [-0.2, 0) is 10.0 Å². The highest BCUT2D eigenvalue weighted by atomic mass is 32.2.